The maximum absolute atomic E-state index is 12.7. The molecule has 0 saturated heterocycles. The van der Waals surface area contributed by atoms with Crippen molar-refractivity contribution >= 4 is 30.0 Å². The third kappa shape index (κ3) is 14.1. The first-order valence-electron chi connectivity index (χ1n) is 22.8. The highest BCUT2D eigenvalue weighted by atomic mass is 16.6. The maximum Gasteiger partial charge on any atom is 0.407 e. The van der Waals surface area contributed by atoms with Gasteiger partial charge >= 0.3 is 30.0 Å². The van der Waals surface area contributed by atoms with Crippen molar-refractivity contribution in [2.75, 3.05) is 59.2 Å². The number of aliphatic carboxylic acids is 3. The number of rotatable bonds is 26. The molecule has 15 nitrogen and oxygen atoms in total. The molecule has 15 heteroatoms. The lowest BCUT2D eigenvalue weighted by Crippen LogP contribution is -2.51. The van der Waals surface area contributed by atoms with Crippen LogP contribution >= 0.6 is 0 Å². The van der Waals surface area contributed by atoms with Gasteiger partial charge < -0.3 is 45.5 Å². The summed E-state index contributed by atoms with van der Waals surface area (Å²) in [6.45, 7) is 13.0. The average molecular weight is 849 g/mol. The number of hydrogen-bond acceptors (Lipinski definition) is 9. The molecular formula is C45H76N4O11. The van der Waals surface area contributed by atoms with E-state index in [1.54, 1.807) is 0 Å². The second-order valence-electron chi connectivity index (χ2n) is 18.9. The number of allylic oxidation sites excluding steroid dienone is 1. The number of ether oxygens (including phenoxy) is 3. The van der Waals surface area contributed by atoms with Gasteiger partial charge in [0.15, 0.2) is 0 Å². The SMILES string of the molecule is CC(C)CCC[C@@H](C)[C@H]1CC[C@H]2[C@@H]3CC=C4CC(OC(=O)NCCOCCOCCNC(=O)NCCCCC(C(=O)O)N(CC(=O)O)CC(=O)O)CC[C@]4(C)[C@H]3CC[C@]12C. The predicted octanol–water partition coefficient (Wildman–Crippen LogP) is 6.55. The Kier molecular flexibility index (Phi) is 19.4. The number of alkyl carbamates (subject to hydrolysis) is 1. The molecule has 0 aromatic rings. The number of nitrogens with one attached hydrogen (secondary N) is 3. The van der Waals surface area contributed by atoms with Gasteiger partial charge in [-0.3, -0.25) is 19.3 Å². The molecule has 2 unspecified atom stereocenters. The molecule has 4 rings (SSSR count). The van der Waals surface area contributed by atoms with Gasteiger partial charge in [-0.2, -0.15) is 0 Å². The Morgan fingerprint density at radius 3 is 2.08 bits per heavy atom. The lowest BCUT2D eigenvalue weighted by Gasteiger charge is -2.58. The van der Waals surface area contributed by atoms with Crippen LogP contribution in [0.5, 0.6) is 0 Å². The van der Waals surface area contributed by atoms with E-state index in [0.717, 1.165) is 59.7 Å². The van der Waals surface area contributed by atoms with Gasteiger partial charge in [0.2, 0.25) is 0 Å². The van der Waals surface area contributed by atoms with Crippen LogP contribution in [0, 0.1) is 46.3 Å². The number of urea groups is 1. The number of unbranched alkanes of at least 4 members (excludes halogenated alkanes) is 1. The smallest absolute Gasteiger partial charge is 0.407 e. The zero-order chi connectivity index (χ0) is 43.9. The van der Waals surface area contributed by atoms with Gasteiger partial charge in [0.1, 0.15) is 12.1 Å². The Labute approximate surface area is 357 Å². The number of amides is 3. The summed E-state index contributed by atoms with van der Waals surface area (Å²) in [5.41, 5.74) is 2.20. The van der Waals surface area contributed by atoms with Gasteiger partial charge in [-0.05, 0) is 111 Å². The maximum atomic E-state index is 12.7. The van der Waals surface area contributed by atoms with Crippen LogP contribution < -0.4 is 16.0 Å². The van der Waals surface area contributed by atoms with E-state index >= 15 is 0 Å². The summed E-state index contributed by atoms with van der Waals surface area (Å²) in [6.07, 6.45) is 16.4. The number of fused-ring (bicyclic) bond motifs is 5. The number of carbonyl (C=O) groups is 5. The Morgan fingerprint density at radius 2 is 1.43 bits per heavy atom. The van der Waals surface area contributed by atoms with Crippen LogP contribution in [0.4, 0.5) is 9.59 Å². The molecule has 342 valence electrons. The molecule has 9 atom stereocenters. The molecule has 60 heavy (non-hydrogen) atoms. The van der Waals surface area contributed by atoms with Crippen molar-refractivity contribution in [2.24, 2.45) is 46.3 Å². The molecule has 3 amide bonds. The summed E-state index contributed by atoms with van der Waals surface area (Å²) in [5.74, 6) is 0.865. The third-order valence-electron chi connectivity index (χ3n) is 14.5. The fourth-order valence-electron chi connectivity index (χ4n) is 11.5. The Bertz CT molecular complexity index is 1440. The number of carboxylic acids is 3. The summed E-state index contributed by atoms with van der Waals surface area (Å²) in [6, 6.07) is -1.68. The highest BCUT2D eigenvalue weighted by Gasteiger charge is 2.59. The molecule has 4 aliphatic carbocycles. The summed E-state index contributed by atoms with van der Waals surface area (Å²) < 4.78 is 17.0. The summed E-state index contributed by atoms with van der Waals surface area (Å²) in [4.78, 5) is 59.3. The van der Waals surface area contributed by atoms with Crippen LogP contribution in [0.2, 0.25) is 0 Å². The van der Waals surface area contributed by atoms with Gasteiger partial charge in [0, 0.05) is 26.1 Å². The van der Waals surface area contributed by atoms with E-state index in [0.29, 0.717) is 44.6 Å². The first kappa shape index (κ1) is 49.2. The van der Waals surface area contributed by atoms with Crippen molar-refractivity contribution in [2.45, 2.75) is 137 Å². The highest BCUT2D eigenvalue weighted by Crippen LogP contribution is 2.67. The van der Waals surface area contributed by atoms with Crippen LogP contribution in [0.25, 0.3) is 0 Å². The third-order valence-corrected chi connectivity index (χ3v) is 14.5. The molecule has 3 saturated carbocycles. The molecule has 4 aliphatic rings. The van der Waals surface area contributed by atoms with E-state index < -0.39 is 49.2 Å². The molecule has 0 spiro atoms. The van der Waals surface area contributed by atoms with Gasteiger partial charge in [-0.1, -0.05) is 65.5 Å². The minimum absolute atomic E-state index is 0.0352. The first-order chi connectivity index (χ1) is 28.5. The van der Waals surface area contributed by atoms with Crippen molar-refractivity contribution in [3.63, 3.8) is 0 Å². The van der Waals surface area contributed by atoms with E-state index in [2.05, 4.69) is 56.6 Å². The number of carbonyl (C=O) groups excluding carboxylic acids is 2. The average Bonchev–Trinajstić information content (AvgIpc) is 3.53. The van der Waals surface area contributed by atoms with Crippen molar-refractivity contribution < 1.29 is 53.5 Å². The van der Waals surface area contributed by atoms with E-state index in [1.807, 2.05) is 0 Å². The molecule has 0 radical (unpaired) electrons. The Morgan fingerprint density at radius 1 is 0.767 bits per heavy atom. The fraction of sp³-hybridized carbons (Fsp3) is 0.844. The molecule has 0 heterocycles. The predicted molar refractivity (Wildman–Crippen MR) is 226 cm³/mol. The number of hydrogen-bond donors (Lipinski definition) is 6. The normalized spacial score (nSPS) is 28.1. The summed E-state index contributed by atoms with van der Waals surface area (Å²) >= 11 is 0. The van der Waals surface area contributed by atoms with Crippen molar-refractivity contribution in [3.05, 3.63) is 11.6 Å². The lowest BCUT2D eigenvalue weighted by atomic mass is 9.47. The standard InChI is InChI=1S/C45H76N4O11/c1-30(2)9-8-10-31(3)35-14-15-36-34-13-12-32-27-33(16-18-44(32,4)37(34)17-19-45(35,36)5)60-43(57)48-22-24-59-26-25-58-23-21-47-42(56)46-20-7-6-11-38(41(54)55)49(28-39(50)51)29-40(52)53/h12,30-31,33-38H,6-11,13-29H2,1-5H3,(H,48,57)(H,50,51)(H,52,53)(H,54,55)(H2,46,47,56)/t31-,33?,34+,35-,36+,37+,38?,44+,45-/m1/s1. The quantitative estimate of drug-likeness (QED) is 0.0404. The van der Waals surface area contributed by atoms with Crippen molar-refractivity contribution in [1.29, 1.82) is 0 Å². The van der Waals surface area contributed by atoms with Gasteiger partial charge in [-0.15, -0.1) is 0 Å². The zero-order valence-corrected chi connectivity index (χ0v) is 37.0. The molecule has 0 bridgehead atoms. The molecular weight excluding hydrogens is 773 g/mol. The molecule has 0 aromatic heterocycles. The summed E-state index contributed by atoms with van der Waals surface area (Å²) in [5, 5.41) is 35.6. The summed E-state index contributed by atoms with van der Waals surface area (Å²) in [7, 11) is 0. The first-order valence-corrected chi connectivity index (χ1v) is 22.8. The van der Waals surface area contributed by atoms with Gasteiger partial charge in [0.05, 0.1) is 39.5 Å². The van der Waals surface area contributed by atoms with Gasteiger partial charge in [0.25, 0.3) is 0 Å². The highest BCUT2D eigenvalue weighted by molar-refractivity contribution is 5.78. The van der Waals surface area contributed by atoms with Crippen LogP contribution in [-0.4, -0.2) is 122 Å². The topological polar surface area (TPSA) is 213 Å². The van der Waals surface area contributed by atoms with Crippen LogP contribution in [0.15, 0.2) is 11.6 Å². The monoisotopic (exact) mass is 849 g/mol. The van der Waals surface area contributed by atoms with E-state index in [1.165, 1.54) is 56.9 Å². The minimum Gasteiger partial charge on any atom is -0.480 e. The minimum atomic E-state index is -1.32. The van der Waals surface area contributed by atoms with E-state index in [4.69, 9.17) is 24.4 Å². The van der Waals surface area contributed by atoms with Crippen LogP contribution in [0.3, 0.4) is 0 Å². The Hall–Kier alpha value is -3.43. The Balaban J connectivity index is 1.02. The lowest BCUT2D eigenvalue weighted by molar-refractivity contribution is -0.149. The molecule has 0 aliphatic heterocycles. The molecule has 6 N–H and O–H groups in total. The van der Waals surface area contributed by atoms with Crippen LogP contribution in [0.1, 0.15) is 125 Å². The van der Waals surface area contributed by atoms with Gasteiger partial charge in [-0.25, -0.2) is 9.59 Å². The van der Waals surface area contributed by atoms with Crippen molar-refractivity contribution in [3.8, 4) is 0 Å². The second-order valence-corrected chi connectivity index (χ2v) is 18.9. The molecule has 0 aromatic carbocycles. The number of nitrogens with zero attached hydrogens (tertiary/aromatic N) is 1. The number of carboxylic acid groups (broad SMARTS) is 3. The molecule has 3 fully saturated rings. The van der Waals surface area contributed by atoms with E-state index in [-0.39, 0.29) is 37.6 Å². The fourth-order valence-corrected chi connectivity index (χ4v) is 11.5. The van der Waals surface area contributed by atoms with Crippen molar-refractivity contribution in [1.82, 2.24) is 20.9 Å². The second kappa shape index (κ2) is 23.7. The largest absolute Gasteiger partial charge is 0.480 e. The van der Waals surface area contributed by atoms with E-state index in [9.17, 15) is 29.1 Å². The van der Waals surface area contributed by atoms with Crippen LogP contribution in [-0.2, 0) is 28.6 Å². The zero-order valence-electron chi connectivity index (χ0n) is 37.0.